The Hall–Kier alpha value is -1.84. The molecule has 0 amide bonds. The second kappa shape index (κ2) is 5.40. The molecule has 1 spiro atoms. The number of hydrogen-bond donors (Lipinski definition) is 1. The van der Waals surface area contributed by atoms with Crippen LogP contribution in [0.1, 0.15) is 51.9 Å². The molecular formula is C24H29NO3. The molecular weight excluding hydrogens is 350 g/mol. The van der Waals surface area contributed by atoms with Crippen LogP contribution in [-0.4, -0.2) is 22.5 Å². The zero-order valence-corrected chi connectivity index (χ0v) is 16.6. The topological polar surface area (TPSA) is 58.9 Å². The summed E-state index contributed by atoms with van der Waals surface area (Å²) >= 11 is 0. The van der Waals surface area contributed by atoms with Gasteiger partial charge in [-0.05, 0) is 92.3 Å². The van der Waals surface area contributed by atoms with Gasteiger partial charge < -0.3 is 9.94 Å². The Morgan fingerprint density at radius 2 is 2.18 bits per heavy atom. The van der Waals surface area contributed by atoms with E-state index in [1.807, 2.05) is 0 Å². The molecule has 5 unspecified atom stereocenters. The third kappa shape index (κ3) is 1.83. The van der Waals surface area contributed by atoms with Crippen LogP contribution < -0.4 is 0 Å². The lowest BCUT2D eigenvalue weighted by atomic mass is 9.47. The average molecular weight is 380 g/mol. The van der Waals surface area contributed by atoms with Crippen LogP contribution in [0, 0.1) is 40.9 Å². The molecule has 4 heteroatoms. The van der Waals surface area contributed by atoms with Crippen LogP contribution in [0.3, 0.4) is 0 Å². The van der Waals surface area contributed by atoms with Gasteiger partial charge in [0.1, 0.15) is 5.60 Å². The van der Waals surface area contributed by atoms with E-state index in [0.29, 0.717) is 35.5 Å². The Labute approximate surface area is 166 Å². The third-order valence-corrected chi connectivity index (χ3v) is 9.54. The van der Waals surface area contributed by atoms with Gasteiger partial charge >= 0.3 is 5.97 Å². The fourth-order valence-corrected chi connectivity index (χ4v) is 8.61. The molecule has 4 fully saturated rings. The van der Waals surface area contributed by atoms with Crippen molar-refractivity contribution in [1.82, 2.24) is 0 Å². The van der Waals surface area contributed by atoms with Gasteiger partial charge in [-0.15, -0.1) is 0 Å². The maximum Gasteiger partial charge on any atom is 0.331 e. The SMILES string of the molecule is C=C1CC2C(CC[C@@]3(CC)C2C2CC2[C@@]32C=CC(=O)O2)[C@H]2CC/C(=N\O)C=C12. The molecule has 0 aromatic heterocycles. The van der Waals surface area contributed by atoms with Crippen molar-refractivity contribution in [3.8, 4) is 0 Å². The van der Waals surface area contributed by atoms with E-state index in [0.717, 1.165) is 37.8 Å². The number of rotatable bonds is 1. The van der Waals surface area contributed by atoms with E-state index in [-0.39, 0.29) is 17.0 Å². The molecule has 1 heterocycles. The van der Waals surface area contributed by atoms with Crippen LogP contribution in [0.25, 0.3) is 0 Å². The minimum absolute atomic E-state index is 0.109. The van der Waals surface area contributed by atoms with Gasteiger partial charge in [-0.2, -0.15) is 0 Å². The summed E-state index contributed by atoms with van der Waals surface area (Å²) < 4.78 is 6.14. The standard InChI is InChI=1S/C24H29NO3/c1-3-23-8-6-16-15-5-4-14(25-27)11-17(15)13(2)10-18(16)22(23)19-12-20(19)24(23)9-7-21(26)28-24/h7,9,11,15-16,18-20,22,27H,2-6,8,10,12H2,1H3/b25-14+/t15-,16?,18?,19?,20?,22?,23+,24+/m1/s1. The highest BCUT2D eigenvalue weighted by Gasteiger charge is 2.78. The van der Waals surface area contributed by atoms with Gasteiger partial charge in [0.05, 0.1) is 5.71 Å². The number of ether oxygens (including phenoxy) is 1. The Kier molecular flexibility index (Phi) is 3.29. The Morgan fingerprint density at radius 3 is 2.89 bits per heavy atom. The first-order valence-electron chi connectivity index (χ1n) is 11.1. The lowest BCUT2D eigenvalue weighted by Gasteiger charge is -2.58. The highest BCUT2D eigenvalue weighted by Crippen LogP contribution is 2.78. The fraction of sp³-hybridized carbons (Fsp3) is 0.667. The fourth-order valence-electron chi connectivity index (χ4n) is 8.61. The molecule has 8 atom stereocenters. The van der Waals surface area contributed by atoms with Gasteiger partial charge in [-0.25, -0.2) is 4.79 Å². The quantitative estimate of drug-likeness (QED) is 0.410. The second-order valence-corrected chi connectivity index (χ2v) is 10.1. The normalized spacial score (nSPS) is 52.0. The van der Waals surface area contributed by atoms with Crippen molar-refractivity contribution < 1.29 is 14.7 Å². The van der Waals surface area contributed by atoms with E-state index < -0.39 is 0 Å². The summed E-state index contributed by atoms with van der Waals surface area (Å²) in [4.78, 5) is 12.1. The zero-order chi connectivity index (χ0) is 19.3. The number of hydrogen-bond acceptors (Lipinski definition) is 4. The number of carbonyl (C=O) groups excluding carboxylic acids is 1. The van der Waals surface area contributed by atoms with E-state index >= 15 is 0 Å². The van der Waals surface area contributed by atoms with Crippen molar-refractivity contribution in [2.75, 3.05) is 0 Å². The summed E-state index contributed by atoms with van der Waals surface area (Å²) in [6.45, 7) is 6.77. The summed E-state index contributed by atoms with van der Waals surface area (Å²) in [6, 6.07) is 0. The Morgan fingerprint density at radius 1 is 1.32 bits per heavy atom. The van der Waals surface area contributed by atoms with Crippen LogP contribution >= 0.6 is 0 Å². The van der Waals surface area contributed by atoms with Crippen LogP contribution in [0.4, 0.5) is 0 Å². The van der Waals surface area contributed by atoms with Gasteiger partial charge in [0.15, 0.2) is 0 Å². The molecule has 0 saturated heterocycles. The van der Waals surface area contributed by atoms with Crippen molar-refractivity contribution in [3.05, 3.63) is 36.0 Å². The summed E-state index contributed by atoms with van der Waals surface area (Å²) in [7, 11) is 0. The van der Waals surface area contributed by atoms with Gasteiger partial charge in [0.2, 0.25) is 0 Å². The highest BCUT2D eigenvalue weighted by molar-refractivity contribution is 5.96. The smallest absolute Gasteiger partial charge is 0.331 e. The minimum Gasteiger partial charge on any atom is -0.451 e. The predicted octanol–water partition coefficient (Wildman–Crippen LogP) is 4.65. The van der Waals surface area contributed by atoms with Gasteiger partial charge in [0.25, 0.3) is 0 Å². The molecule has 0 aromatic rings. The van der Waals surface area contributed by atoms with Crippen LogP contribution in [-0.2, 0) is 9.53 Å². The molecule has 5 aliphatic carbocycles. The van der Waals surface area contributed by atoms with Gasteiger partial charge in [0, 0.05) is 17.4 Å². The van der Waals surface area contributed by atoms with Crippen molar-refractivity contribution >= 4 is 11.7 Å². The molecule has 0 aromatic carbocycles. The van der Waals surface area contributed by atoms with Gasteiger partial charge in [-0.3, -0.25) is 0 Å². The Bertz CT molecular complexity index is 869. The first-order valence-corrected chi connectivity index (χ1v) is 11.1. The number of oxime groups is 1. The lowest BCUT2D eigenvalue weighted by molar-refractivity contribution is -0.171. The first-order chi connectivity index (χ1) is 13.5. The summed E-state index contributed by atoms with van der Waals surface area (Å²) in [5.74, 6) is 3.65. The zero-order valence-electron chi connectivity index (χ0n) is 16.6. The summed E-state index contributed by atoms with van der Waals surface area (Å²) in [5, 5.41) is 12.7. The van der Waals surface area contributed by atoms with Crippen molar-refractivity contribution in [2.45, 2.75) is 57.5 Å². The molecule has 6 rings (SSSR count). The lowest BCUT2D eigenvalue weighted by Crippen LogP contribution is -2.56. The van der Waals surface area contributed by atoms with E-state index in [1.54, 1.807) is 6.08 Å². The molecule has 1 N–H and O–H groups in total. The average Bonchev–Trinajstić information content (AvgIpc) is 3.35. The van der Waals surface area contributed by atoms with E-state index in [4.69, 9.17) is 4.74 Å². The Balaban J connectivity index is 1.41. The predicted molar refractivity (Wildman–Crippen MR) is 106 cm³/mol. The monoisotopic (exact) mass is 379 g/mol. The molecule has 148 valence electrons. The number of nitrogens with zero attached hydrogens (tertiary/aromatic N) is 1. The molecule has 28 heavy (non-hydrogen) atoms. The largest absolute Gasteiger partial charge is 0.451 e. The minimum atomic E-state index is -0.333. The van der Waals surface area contributed by atoms with Crippen LogP contribution in [0.15, 0.2) is 41.1 Å². The molecule has 4 saturated carbocycles. The second-order valence-electron chi connectivity index (χ2n) is 10.1. The number of fused-ring (bicyclic) bond motifs is 9. The summed E-state index contributed by atoms with van der Waals surface area (Å²) in [5.41, 5.74) is 3.17. The highest BCUT2D eigenvalue weighted by atomic mass is 16.6. The molecule has 6 aliphatic rings. The first kappa shape index (κ1) is 17.1. The van der Waals surface area contributed by atoms with Crippen molar-refractivity contribution in [3.63, 3.8) is 0 Å². The van der Waals surface area contributed by atoms with Crippen molar-refractivity contribution in [1.29, 1.82) is 0 Å². The van der Waals surface area contributed by atoms with E-state index in [1.165, 1.54) is 24.0 Å². The van der Waals surface area contributed by atoms with Crippen molar-refractivity contribution in [2.24, 2.45) is 46.1 Å². The number of esters is 1. The molecule has 0 bridgehead atoms. The maximum absolute atomic E-state index is 12.1. The number of allylic oxidation sites excluding steroid dienone is 3. The van der Waals surface area contributed by atoms with Gasteiger partial charge in [-0.1, -0.05) is 24.2 Å². The van der Waals surface area contributed by atoms with Crippen LogP contribution in [0.2, 0.25) is 0 Å². The molecule has 1 aliphatic heterocycles. The van der Waals surface area contributed by atoms with E-state index in [9.17, 15) is 10.0 Å². The molecule has 0 radical (unpaired) electrons. The van der Waals surface area contributed by atoms with E-state index in [2.05, 4.69) is 30.8 Å². The summed E-state index contributed by atoms with van der Waals surface area (Å²) in [6.07, 6.45) is 13.6. The third-order valence-electron chi connectivity index (χ3n) is 9.54. The molecule has 4 nitrogen and oxygen atoms in total. The van der Waals surface area contributed by atoms with Crippen LogP contribution in [0.5, 0.6) is 0 Å². The maximum atomic E-state index is 12.1. The number of carbonyl (C=O) groups is 1.